The second-order valence-electron chi connectivity index (χ2n) is 4.99. The molecule has 1 N–H and O–H groups in total. The number of amides is 1. The van der Waals surface area contributed by atoms with Gasteiger partial charge in [-0.25, -0.2) is 14.8 Å². The molecule has 2 heterocycles. The van der Waals surface area contributed by atoms with Crippen LogP contribution in [-0.2, 0) is 14.3 Å². The van der Waals surface area contributed by atoms with E-state index in [0.29, 0.717) is 10.0 Å². The molecule has 9 heteroatoms. The summed E-state index contributed by atoms with van der Waals surface area (Å²) in [7, 11) is 0. The largest absolute Gasteiger partial charge is 0.452 e. The van der Waals surface area contributed by atoms with Gasteiger partial charge in [0.05, 0.1) is 20.3 Å². The van der Waals surface area contributed by atoms with Gasteiger partial charge in [-0.05, 0) is 24.3 Å². The highest BCUT2D eigenvalue weighted by atomic mass is 35.5. The number of pyridine rings is 1. The summed E-state index contributed by atoms with van der Waals surface area (Å²) < 4.78 is 5.90. The van der Waals surface area contributed by atoms with Crippen LogP contribution in [-0.4, -0.2) is 28.5 Å². The number of aromatic nitrogens is 2. The molecule has 3 rings (SSSR count). The number of thiazole rings is 1. The number of ether oxygens (including phenoxy) is 1. The molecule has 0 radical (unpaired) electrons. The van der Waals surface area contributed by atoms with E-state index in [1.807, 2.05) is 24.3 Å². The number of hydrogen-bond donors (Lipinski definition) is 1. The van der Waals surface area contributed by atoms with Gasteiger partial charge in [-0.15, -0.1) is 11.3 Å². The van der Waals surface area contributed by atoms with E-state index in [1.54, 1.807) is 6.08 Å². The summed E-state index contributed by atoms with van der Waals surface area (Å²) in [4.78, 5) is 31.8. The number of hydrogen-bond acceptors (Lipinski definition) is 6. The summed E-state index contributed by atoms with van der Waals surface area (Å²) >= 11 is 13.1. The normalized spacial score (nSPS) is 11.0. The molecule has 0 saturated heterocycles. The van der Waals surface area contributed by atoms with Crippen LogP contribution in [0.4, 0.5) is 5.82 Å². The molecule has 0 atom stereocenters. The Balaban J connectivity index is 1.52. The number of nitrogens with zero attached hydrogens (tertiary/aromatic N) is 2. The third kappa shape index (κ3) is 4.78. The van der Waals surface area contributed by atoms with Crippen LogP contribution in [0.1, 0.15) is 5.01 Å². The van der Waals surface area contributed by atoms with Gasteiger partial charge in [-0.1, -0.05) is 35.3 Å². The van der Waals surface area contributed by atoms with Crippen LogP contribution in [0, 0.1) is 0 Å². The highest BCUT2D eigenvalue weighted by Crippen LogP contribution is 2.23. The van der Waals surface area contributed by atoms with Gasteiger partial charge in [0.2, 0.25) is 0 Å². The Hall–Kier alpha value is -2.48. The maximum atomic E-state index is 11.8. The number of nitrogens with one attached hydrogen (secondary N) is 1. The molecule has 0 spiro atoms. The fourth-order valence-corrected chi connectivity index (χ4v) is 3.26. The van der Waals surface area contributed by atoms with Crippen molar-refractivity contribution >= 4 is 68.5 Å². The van der Waals surface area contributed by atoms with E-state index in [-0.39, 0.29) is 10.8 Å². The minimum Gasteiger partial charge on any atom is -0.452 e. The highest BCUT2D eigenvalue weighted by Gasteiger charge is 2.10. The van der Waals surface area contributed by atoms with Crippen LogP contribution in [0.5, 0.6) is 0 Å². The zero-order valence-corrected chi connectivity index (χ0v) is 15.4. The molecule has 132 valence electrons. The summed E-state index contributed by atoms with van der Waals surface area (Å²) in [5.74, 6) is -1.08. The Labute approximate surface area is 162 Å². The smallest absolute Gasteiger partial charge is 0.331 e. The maximum Gasteiger partial charge on any atom is 0.331 e. The Kier molecular flexibility index (Phi) is 5.82. The van der Waals surface area contributed by atoms with Crippen LogP contribution in [0.15, 0.2) is 42.6 Å². The van der Waals surface area contributed by atoms with Crippen LogP contribution < -0.4 is 5.32 Å². The van der Waals surface area contributed by atoms with Gasteiger partial charge in [0.15, 0.2) is 12.4 Å². The number of para-hydroxylation sites is 1. The van der Waals surface area contributed by atoms with Crippen LogP contribution in [0.2, 0.25) is 10.0 Å². The second-order valence-corrected chi connectivity index (χ2v) is 6.90. The van der Waals surface area contributed by atoms with Gasteiger partial charge < -0.3 is 10.1 Å². The van der Waals surface area contributed by atoms with Gasteiger partial charge in [-0.2, -0.15) is 0 Å². The molecule has 3 aromatic rings. The molecule has 0 unspecified atom stereocenters. The SMILES string of the molecule is O=C(COC(=O)/C=C/c1nc2ccccc2s1)Nc1ncc(Cl)cc1Cl. The standard InChI is InChI=1S/C17H11Cl2N3O3S/c18-10-7-11(19)17(20-8-10)22-14(23)9-25-16(24)6-5-15-21-12-3-1-2-4-13(12)26-15/h1-8H,9H2,(H,20,22,23)/b6-5+. The van der Waals surface area contributed by atoms with Crippen molar-refractivity contribution in [1.29, 1.82) is 0 Å². The van der Waals surface area contributed by atoms with E-state index in [1.165, 1.54) is 29.7 Å². The number of fused-ring (bicyclic) bond motifs is 1. The molecule has 0 aliphatic heterocycles. The average Bonchev–Trinajstić information content (AvgIpc) is 3.03. The third-order valence-corrected chi connectivity index (χ3v) is 4.58. The summed E-state index contributed by atoms with van der Waals surface area (Å²) in [5.41, 5.74) is 0.859. The van der Waals surface area contributed by atoms with E-state index < -0.39 is 18.5 Å². The molecular weight excluding hydrogens is 397 g/mol. The zero-order valence-electron chi connectivity index (χ0n) is 13.1. The highest BCUT2D eigenvalue weighted by molar-refractivity contribution is 7.19. The molecule has 0 aliphatic rings. The summed E-state index contributed by atoms with van der Waals surface area (Å²) in [6.07, 6.45) is 4.11. The lowest BCUT2D eigenvalue weighted by molar-refractivity contribution is -0.142. The fraction of sp³-hybridized carbons (Fsp3) is 0.0588. The van der Waals surface area contributed by atoms with Gasteiger partial charge in [0, 0.05) is 12.3 Å². The number of benzene rings is 1. The van der Waals surface area contributed by atoms with Crippen molar-refractivity contribution in [1.82, 2.24) is 9.97 Å². The van der Waals surface area contributed by atoms with Crippen LogP contribution >= 0.6 is 34.5 Å². The molecule has 26 heavy (non-hydrogen) atoms. The quantitative estimate of drug-likeness (QED) is 0.506. The Bertz CT molecular complexity index is 971. The van der Waals surface area contributed by atoms with E-state index in [2.05, 4.69) is 15.3 Å². The maximum absolute atomic E-state index is 11.8. The first kappa shape index (κ1) is 18.3. The summed E-state index contributed by atoms with van der Waals surface area (Å²) in [6.45, 7) is -0.469. The molecule has 1 amide bonds. The van der Waals surface area contributed by atoms with Crippen molar-refractivity contribution in [3.63, 3.8) is 0 Å². The van der Waals surface area contributed by atoms with E-state index in [0.717, 1.165) is 10.2 Å². The first-order valence-electron chi connectivity index (χ1n) is 7.32. The molecule has 1 aromatic carbocycles. The number of anilines is 1. The molecule has 0 bridgehead atoms. The van der Waals surface area contributed by atoms with Crippen LogP contribution in [0.3, 0.4) is 0 Å². The minimum atomic E-state index is -0.658. The summed E-state index contributed by atoms with van der Waals surface area (Å²) in [6, 6.07) is 9.09. The lowest BCUT2D eigenvalue weighted by Crippen LogP contribution is -2.20. The van der Waals surface area contributed by atoms with Crippen molar-refractivity contribution in [2.45, 2.75) is 0 Å². The lowest BCUT2D eigenvalue weighted by atomic mass is 10.3. The van der Waals surface area contributed by atoms with E-state index in [4.69, 9.17) is 27.9 Å². The Morgan fingerprint density at radius 3 is 2.85 bits per heavy atom. The molecule has 6 nitrogen and oxygen atoms in total. The Morgan fingerprint density at radius 2 is 2.08 bits per heavy atom. The van der Waals surface area contributed by atoms with Crippen molar-refractivity contribution in [3.05, 3.63) is 57.7 Å². The van der Waals surface area contributed by atoms with Crippen molar-refractivity contribution in [3.8, 4) is 0 Å². The number of esters is 1. The Morgan fingerprint density at radius 1 is 1.27 bits per heavy atom. The molecular formula is C17H11Cl2N3O3S. The number of rotatable bonds is 5. The molecule has 0 fully saturated rings. The monoisotopic (exact) mass is 407 g/mol. The van der Waals surface area contributed by atoms with Crippen molar-refractivity contribution < 1.29 is 14.3 Å². The van der Waals surface area contributed by atoms with Crippen molar-refractivity contribution in [2.24, 2.45) is 0 Å². The first-order valence-corrected chi connectivity index (χ1v) is 8.90. The van der Waals surface area contributed by atoms with Crippen molar-refractivity contribution in [2.75, 3.05) is 11.9 Å². The number of carbonyl (C=O) groups is 2. The second kappa shape index (κ2) is 8.27. The van der Waals surface area contributed by atoms with Gasteiger partial charge in [-0.3, -0.25) is 4.79 Å². The molecule has 0 saturated carbocycles. The lowest BCUT2D eigenvalue weighted by Gasteiger charge is -2.06. The molecule has 0 aliphatic carbocycles. The topological polar surface area (TPSA) is 81.2 Å². The van der Waals surface area contributed by atoms with Gasteiger partial charge in [0.25, 0.3) is 5.91 Å². The predicted molar refractivity (Wildman–Crippen MR) is 102 cm³/mol. The predicted octanol–water partition coefficient (Wildman–Crippen LogP) is 4.19. The molecule has 2 aromatic heterocycles. The fourth-order valence-electron chi connectivity index (χ4n) is 1.96. The van der Waals surface area contributed by atoms with Gasteiger partial charge in [0.1, 0.15) is 5.01 Å². The van der Waals surface area contributed by atoms with E-state index in [9.17, 15) is 9.59 Å². The first-order chi connectivity index (χ1) is 12.5. The number of halogens is 2. The van der Waals surface area contributed by atoms with Gasteiger partial charge >= 0.3 is 5.97 Å². The van der Waals surface area contributed by atoms with E-state index >= 15 is 0 Å². The number of carbonyl (C=O) groups excluding carboxylic acids is 2. The zero-order chi connectivity index (χ0) is 18.5. The summed E-state index contributed by atoms with van der Waals surface area (Å²) in [5, 5.41) is 3.64. The minimum absolute atomic E-state index is 0.141. The average molecular weight is 408 g/mol. The van der Waals surface area contributed by atoms with Crippen LogP contribution in [0.25, 0.3) is 16.3 Å². The third-order valence-electron chi connectivity index (χ3n) is 3.08.